The molecule has 0 aromatic heterocycles. The van der Waals surface area contributed by atoms with E-state index in [1.165, 1.54) is 19.3 Å². The van der Waals surface area contributed by atoms with Crippen LogP contribution < -0.4 is 9.47 Å². The van der Waals surface area contributed by atoms with E-state index in [1.54, 1.807) is 32.4 Å². The first-order chi connectivity index (χ1) is 14.6. The third-order valence-corrected chi connectivity index (χ3v) is 8.38. The molecule has 0 atom stereocenters. The minimum Gasteiger partial charge on any atom is -0.497 e. The number of hydrogen-bond acceptors (Lipinski definition) is 5. The quantitative estimate of drug-likeness (QED) is 0.724. The number of amides is 2. The Morgan fingerprint density at radius 3 is 2.20 bits per heavy atom. The summed E-state index contributed by atoms with van der Waals surface area (Å²) in [5.74, 6) is 2.74. The minimum absolute atomic E-state index is 0.0178. The number of nitrogens with zero attached hydrogens (tertiary/aromatic N) is 2. The van der Waals surface area contributed by atoms with Gasteiger partial charge >= 0.3 is 0 Å². The third-order valence-electron chi connectivity index (χ3n) is 6.83. The molecule has 30 heavy (non-hydrogen) atoms. The van der Waals surface area contributed by atoms with Crippen molar-refractivity contribution in [2.75, 3.05) is 39.6 Å². The highest BCUT2D eigenvalue weighted by atomic mass is 32.2. The van der Waals surface area contributed by atoms with Crippen molar-refractivity contribution in [3.8, 4) is 11.5 Å². The summed E-state index contributed by atoms with van der Waals surface area (Å²) in [5, 5.41) is 0. The van der Waals surface area contributed by atoms with Gasteiger partial charge in [0, 0.05) is 42.9 Å². The predicted octanol–water partition coefficient (Wildman–Crippen LogP) is 3.79. The molecule has 1 aliphatic carbocycles. The van der Waals surface area contributed by atoms with E-state index in [-0.39, 0.29) is 16.7 Å². The summed E-state index contributed by atoms with van der Waals surface area (Å²) in [6.45, 7) is 2.22. The molecule has 1 spiro atoms. The number of carbonyl (C=O) groups excluding carboxylic acids is 2. The van der Waals surface area contributed by atoms with Crippen LogP contribution in [0.3, 0.4) is 0 Å². The van der Waals surface area contributed by atoms with Crippen molar-refractivity contribution in [1.29, 1.82) is 0 Å². The monoisotopic (exact) mass is 432 g/mol. The van der Waals surface area contributed by atoms with Crippen LogP contribution in [-0.2, 0) is 4.79 Å². The molecule has 2 aliphatic heterocycles. The van der Waals surface area contributed by atoms with Gasteiger partial charge < -0.3 is 19.3 Å². The number of rotatable bonds is 4. The number of piperidine rings is 1. The van der Waals surface area contributed by atoms with Gasteiger partial charge in [0.25, 0.3) is 5.91 Å². The summed E-state index contributed by atoms with van der Waals surface area (Å²) < 4.78 is 10.7. The Morgan fingerprint density at radius 2 is 1.60 bits per heavy atom. The first kappa shape index (κ1) is 21.3. The lowest BCUT2D eigenvalue weighted by Crippen LogP contribution is -2.54. The van der Waals surface area contributed by atoms with E-state index in [2.05, 4.69) is 4.90 Å². The van der Waals surface area contributed by atoms with Crippen LogP contribution in [0.25, 0.3) is 0 Å². The van der Waals surface area contributed by atoms with Crippen LogP contribution in [-0.4, -0.2) is 66.1 Å². The van der Waals surface area contributed by atoms with Gasteiger partial charge in [-0.1, -0.05) is 19.3 Å². The summed E-state index contributed by atoms with van der Waals surface area (Å²) in [5.41, 5.74) is 0.591. The van der Waals surface area contributed by atoms with Crippen molar-refractivity contribution in [2.24, 2.45) is 5.92 Å². The standard InChI is InChI=1S/C23H32N2O4S/c1-28-19-14-18(15-20(16-19)29-2)22(27)25-12-13-30-23(25)8-10-24(11-9-23)21(26)17-6-4-3-5-7-17/h14-17H,3-13H2,1-2H3. The second-order valence-electron chi connectivity index (χ2n) is 8.51. The van der Waals surface area contributed by atoms with Crippen LogP contribution in [0.4, 0.5) is 0 Å². The van der Waals surface area contributed by atoms with Crippen molar-refractivity contribution < 1.29 is 19.1 Å². The Labute approximate surface area is 183 Å². The summed E-state index contributed by atoms with van der Waals surface area (Å²) in [7, 11) is 3.19. The molecule has 2 amide bonds. The number of ether oxygens (including phenoxy) is 2. The largest absolute Gasteiger partial charge is 0.497 e. The average Bonchev–Trinajstić information content (AvgIpc) is 3.21. The highest BCUT2D eigenvalue weighted by Crippen LogP contribution is 2.45. The number of likely N-dealkylation sites (tertiary alicyclic amines) is 1. The fourth-order valence-electron chi connectivity index (χ4n) is 5.08. The van der Waals surface area contributed by atoms with Crippen LogP contribution in [0.2, 0.25) is 0 Å². The van der Waals surface area contributed by atoms with E-state index in [0.717, 1.165) is 51.1 Å². The molecule has 0 N–H and O–H groups in total. The van der Waals surface area contributed by atoms with E-state index in [1.807, 2.05) is 16.7 Å². The van der Waals surface area contributed by atoms with Crippen molar-refractivity contribution in [3.63, 3.8) is 0 Å². The minimum atomic E-state index is -0.212. The van der Waals surface area contributed by atoms with E-state index in [9.17, 15) is 9.59 Å². The molecule has 6 nitrogen and oxygen atoms in total. The van der Waals surface area contributed by atoms with Crippen molar-refractivity contribution in [3.05, 3.63) is 23.8 Å². The highest BCUT2D eigenvalue weighted by molar-refractivity contribution is 8.00. The van der Waals surface area contributed by atoms with Crippen LogP contribution in [0.5, 0.6) is 11.5 Å². The molecule has 0 bridgehead atoms. The molecule has 1 aromatic rings. The number of methoxy groups -OCH3 is 2. The zero-order valence-corrected chi connectivity index (χ0v) is 18.8. The van der Waals surface area contributed by atoms with Crippen LogP contribution in [0, 0.1) is 5.92 Å². The lowest BCUT2D eigenvalue weighted by atomic mass is 9.87. The Balaban J connectivity index is 1.46. The zero-order valence-electron chi connectivity index (χ0n) is 18.0. The number of carbonyl (C=O) groups is 2. The average molecular weight is 433 g/mol. The fourth-order valence-corrected chi connectivity index (χ4v) is 6.54. The lowest BCUT2D eigenvalue weighted by Gasteiger charge is -2.45. The molecule has 2 heterocycles. The van der Waals surface area contributed by atoms with Crippen molar-refractivity contribution in [1.82, 2.24) is 9.80 Å². The summed E-state index contributed by atoms with van der Waals surface area (Å²) >= 11 is 1.87. The summed E-state index contributed by atoms with van der Waals surface area (Å²) in [6, 6.07) is 5.34. The van der Waals surface area contributed by atoms with Gasteiger partial charge in [0.1, 0.15) is 11.5 Å². The topological polar surface area (TPSA) is 59.1 Å². The van der Waals surface area contributed by atoms with Crippen molar-refractivity contribution >= 4 is 23.6 Å². The van der Waals surface area contributed by atoms with Gasteiger partial charge in [0.05, 0.1) is 19.1 Å². The normalized spacial score (nSPS) is 21.7. The molecule has 2 saturated heterocycles. The predicted molar refractivity (Wildman–Crippen MR) is 118 cm³/mol. The molecular weight excluding hydrogens is 400 g/mol. The number of thioether (sulfide) groups is 1. The Bertz CT molecular complexity index is 763. The maximum atomic E-state index is 13.4. The summed E-state index contributed by atoms with van der Waals surface area (Å²) in [4.78, 5) is 30.2. The van der Waals surface area contributed by atoms with Crippen LogP contribution >= 0.6 is 11.8 Å². The van der Waals surface area contributed by atoms with Crippen LogP contribution in [0.1, 0.15) is 55.3 Å². The first-order valence-corrected chi connectivity index (χ1v) is 12.0. The van der Waals surface area contributed by atoms with Crippen molar-refractivity contribution in [2.45, 2.75) is 49.8 Å². The Morgan fingerprint density at radius 1 is 0.967 bits per heavy atom. The van der Waals surface area contributed by atoms with E-state index >= 15 is 0 Å². The fraction of sp³-hybridized carbons (Fsp3) is 0.652. The van der Waals surface area contributed by atoms with Gasteiger partial charge in [-0.15, -0.1) is 11.8 Å². The molecule has 164 valence electrons. The van der Waals surface area contributed by atoms with Gasteiger partial charge in [-0.25, -0.2) is 0 Å². The molecule has 0 radical (unpaired) electrons. The van der Waals surface area contributed by atoms with E-state index in [4.69, 9.17) is 9.47 Å². The van der Waals surface area contributed by atoms with Gasteiger partial charge in [-0.05, 0) is 37.8 Å². The Hall–Kier alpha value is -1.89. The molecular formula is C23H32N2O4S. The maximum Gasteiger partial charge on any atom is 0.255 e. The molecule has 0 unspecified atom stereocenters. The molecule has 1 saturated carbocycles. The second-order valence-corrected chi connectivity index (χ2v) is 9.97. The first-order valence-electron chi connectivity index (χ1n) is 11.0. The van der Waals surface area contributed by atoms with Gasteiger partial charge in [0.15, 0.2) is 0 Å². The number of hydrogen-bond donors (Lipinski definition) is 0. The molecule has 3 aliphatic rings. The molecule has 7 heteroatoms. The smallest absolute Gasteiger partial charge is 0.255 e. The third kappa shape index (κ3) is 4.13. The van der Waals surface area contributed by atoms with Gasteiger partial charge in [-0.3, -0.25) is 9.59 Å². The number of benzene rings is 1. The van der Waals surface area contributed by atoms with Crippen LogP contribution in [0.15, 0.2) is 18.2 Å². The van der Waals surface area contributed by atoms with Gasteiger partial charge in [-0.2, -0.15) is 0 Å². The molecule has 1 aromatic carbocycles. The van der Waals surface area contributed by atoms with Gasteiger partial charge in [0.2, 0.25) is 5.91 Å². The van der Waals surface area contributed by atoms with E-state index in [0.29, 0.717) is 23.0 Å². The Kier molecular flexibility index (Phi) is 6.46. The SMILES string of the molecule is COc1cc(OC)cc(C(=O)N2CCSC23CCN(C(=O)C2CCCCC2)CC3)c1. The van der Waals surface area contributed by atoms with E-state index < -0.39 is 0 Å². The maximum absolute atomic E-state index is 13.4. The zero-order chi connectivity index (χ0) is 21.1. The highest BCUT2D eigenvalue weighted by Gasteiger charge is 2.47. The second kappa shape index (κ2) is 9.08. The lowest BCUT2D eigenvalue weighted by molar-refractivity contribution is -0.138. The molecule has 3 fully saturated rings. The summed E-state index contributed by atoms with van der Waals surface area (Å²) in [6.07, 6.45) is 7.36. The molecule has 4 rings (SSSR count).